The first kappa shape index (κ1) is 22.3. The molecule has 0 unspecified atom stereocenters. The van der Waals surface area contributed by atoms with Gasteiger partial charge in [0.15, 0.2) is 0 Å². The van der Waals surface area contributed by atoms with Crippen molar-refractivity contribution in [1.29, 1.82) is 5.26 Å². The molecule has 33 heavy (non-hydrogen) atoms. The molecule has 0 aliphatic carbocycles. The third kappa shape index (κ3) is 4.65. The number of nitriles is 1. The summed E-state index contributed by atoms with van der Waals surface area (Å²) in [7, 11) is 0. The molecular formula is C28H27N3O2. The van der Waals surface area contributed by atoms with Crippen molar-refractivity contribution in [2.45, 2.75) is 33.7 Å². The fraction of sp³-hybridized carbons (Fsp3) is 0.250. The summed E-state index contributed by atoms with van der Waals surface area (Å²) in [5.74, 6) is 1.05. The zero-order valence-electron chi connectivity index (χ0n) is 19.2. The van der Waals surface area contributed by atoms with Gasteiger partial charge in [-0.3, -0.25) is 0 Å². The van der Waals surface area contributed by atoms with Crippen molar-refractivity contribution >= 4 is 17.0 Å². The van der Waals surface area contributed by atoms with E-state index in [2.05, 4.69) is 36.6 Å². The van der Waals surface area contributed by atoms with Crippen LogP contribution in [0.2, 0.25) is 0 Å². The number of ether oxygens (including phenoxy) is 1. The zero-order chi connectivity index (χ0) is 23.4. The molecule has 0 N–H and O–H groups in total. The third-order valence-corrected chi connectivity index (χ3v) is 5.59. The molecule has 4 aromatic rings. The summed E-state index contributed by atoms with van der Waals surface area (Å²) < 4.78 is 7.45. The van der Waals surface area contributed by atoms with Crippen LogP contribution < -0.4 is 0 Å². The van der Waals surface area contributed by atoms with Gasteiger partial charge in [0.2, 0.25) is 0 Å². The summed E-state index contributed by atoms with van der Waals surface area (Å²) in [5.41, 5.74) is 5.82. The lowest BCUT2D eigenvalue weighted by Crippen LogP contribution is -2.11. The van der Waals surface area contributed by atoms with E-state index in [0.29, 0.717) is 30.2 Å². The standard InChI is InChI=1S/C28H27N3O2/c1-4-33-28(32)24-10-7-11-25-27(24)31(26(30-25)16-19(2)3)18-20-12-14-21(15-13-20)23-9-6-5-8-22(23)17-29/h5-15,19H,4,16,18H2,1-3H3. The third-order valence-electron chi connectivity index (χ3n) is 5.59. The molecule has 1 heterocycles. The van der Waals surface area contributed by atoms with E-state index in [1.807, 2.05) is 55.5 Å². The molecule has 0 saturated heterocycles. The minimum Gasteiger partial charge on any atom is -0.462 e. The second-order valence-corrected chi connectivity index (χ2v) is 8.46. The molecule has 0 atom stereocenters. The quantitative estimate of drug-likeness (QED) is 0.333. The monoisotopic (exact) mass is 437 g/mol. The van der Waals surface area contributed by atoms with Gasteiger partial charge in [0, 0.05) is 13.0 Å². The van der Waals surface area contributed by atoms with E-state index in [9.17, 15) is 10.1 Å². The summed E-state index contributed by atoms with van der Waals surface area (Å²) in [5, 5.41) is 9.42. The Hall–Kier alpha value is -3.91. The summed E-state index contributed by atoms with van der Waals surface area (Å²) in [6.45, 7) is 7.06. The van der Waals surface area contributed by atoms with E-state index in [1.54, 1.807) is 6.07 Å². The van der Waals surface area contributed by atoms with Crippen molar-refractivity contribution in [3.05, 3.63) is 89.2 Å². The van der Waals surface area contributed by atoms with Gasteiger partial charge in [0.1, 0.15) is 5.82 Å². The second-order valence-electron chi connectivity index (χ2n) is 8.46. The molecule has 1 aromatic heterocycles. The van der Waals surface area contributed by atoms with Crippen LogP contribution in [0.1, 0.15) is 48.1 Å². The van der Waals surface area contributed by atoms with E-state index in [0.717, 1.165) is 40.0 Å². The predicted octanol–water partition coefficient (Wildman–Crippen LogP) is 6.00. The summed E-state index contributed by atoms with van der Waals surface area (Å²) >= 11 is 0. The highest BCUT2D eigenvalue weighted by atomic mass is 16.5. The van der Waals surface area contributed by atoms with Crippen LogP contribution in [0.15, 0.2) is 66.7 Å². The Morgan fingerprint density at radius 3 is 2.52 bits per heavy atom. The van der Waals surface area contributed by atoms with Gasteiger partial charge in [-0.15, -0.1) is 0 Å². The van der Waals surface area contributed by atoms with Crippen LogP contribution in [0.4, 0.5) is 0 Å². The number of carbonyl (C=O) groups excluding carboxylic acids is 1. The van der Waals surface area contributed by atoms with Crippen LogP contribution in [0.5, 0.6) is 0 Å². The molecule has 0 aliphatic rings. The van der Waals surface area contributed by atoms with Gasteiger partial charge in [-0.25, -0.2) is 9.78 Å². The maximum atomic E-state index is 12.7. The highest BCUT2D eigenvalue weighted by Gasteiger charge is 2.20. The Labute approximate surface area is 194 Å². The minimum atomic E-state index is -0.330. The lowest BCUT2D eigenvalue weighted by atomic mass is 9.99. The van der Waals surface area contributed by atoms with Gasteiger partial charge in [0.05, 0.1) is 34.8 Å². The van der Waals surface area contributed by atoms with Crippen LogP contribution in [0.25, 0.3) is 22.2 Å². The normalized spacial score (nSPS) is 11.0. The molecule has 0 radical (unpaired) electrons. The Morgan fingerprint density at radius 2 is 1.82 bits per heavy atom. The SMILES string of the molecule is CCOC(=O)c1cccc2nc(CC(C)C)n(Cc3ccc(-c4ccccc4C#N)cc3)c12. The van der Waals surface area contributed by atoms with E-state index < -0.39 is 0 Å². The van der Waals surface area contributed by atoms with E-state index >= 15 is 0 Å². The van der Waals surface area contributed by atoms with Crippen LogP contribution in [0, 0.1) is 17.2 Å². The summed E-state index contributed by atoms with van der Waals surface area (Å²) in [6.07, 6.45) is 0.810. The van der Waals surface area contributed by atoms with Crippen LogP contribution in [0.3, 0.4) is 0 Å². The number of hydrogen-bond donors (Lipinski definition) is 0. The number of imidazole rings is 1. The number of benzene rings is 3. The van der Waals surface area contributed by atoms with Crippen molar-refractivity contribution in [2.24, 2.45) is 5.92 Å². The first-order valence-corrected chi connectivity index (χ1v) is 11.3. The Balaban J connectivity index is 1.76. The van der Waals surface area contributed by atoms with E-state index in [-0.39, 0.29) is 5.97 Å². The maximum absolute atomic E-state index is 12.7. The van der Waals surface area contributed by atoms with E-state index in [4.69, 9.17) is 9.72 Å². The lowest BCUT2D eigenvalue weighted by Gasteiger charge is -2.13. The van der Waals surface area contributed by atoms with Gasteiger partial charge < -0.3 is 9.30 Å². The van der Waals surface area contributed by atoms with Crippen molar-refractivity contribution < 1.29 is 9.53 Å². The molecule has 5 heteroatoms. The van der Waals surface area contributed by atoms with Gasteiger partial charge in [-0.2, -0.15) is 5.26 Å². The number of carbonyl (C=O) groups is 1. The number of aromatic nitrogens is 2. The Kier molecular flexibility index (Phi) is 6.55. The molecule has 0 fully saturated rings. The van der Waals surface area contributed by atoms with Crippen molar-refractivity contribution in [3.8, 4) is 17.2 Å². The average molecular weight is 438 g/mol. The highest BCUT2D eigenvalue weighted by Crippen LogP contribution is 2.27. The first-order chi connectivity index (χ1) is 16.0. The van der Waals surface area contributed by atoms with Gasteiger partial charge in [0.25, 0.3) is 0 Å². The topological polar surface area (TPSA) is 67.9 Å². The Bertz CT molecular complexity index is 1330. The number of esters is 1. The molecule has 3 aromatic carbocycles. The number of fused-ring (bicyclic) bond motifs is 1. The first-order valence-electron chi connectivity index (χ1n) is 11.3. The van der Waals surface area contributed by atoms with Crippen LogP contribution in [-0.2, 0) is 17.7 Å². The fourth-order valence-electron chi connectivity index (χ4n) is 4.10. The van der Waals surface area contributed by atoms with Crippen LogP contribution in [-0.4, -0.2) is 22.1 Å². The molecule has 0 saturated carbocycles. The molecule has 0 bridgehead atoms. The highest BCUT2D eigenvalue weighted by molar-refractivity contribution is 6.02. The zero-order valence-corrected chi connectivity index (χ0v) is 19.2. The maximum Gasteiger partial charge on any atom is 0.340 e. The molecule has 4 rings (SSSR count). The smallest absolute Gasteiger partial charge is 0.340 e. The van der Waals surface area contributed by atoms with Gasteiger partial charge >= 0.3 is 5.97 Å². The van der Waals surface area contributed by atoms with E-state index in [1.165, 1.54) is 0 Å². The van der Waals surface area contributed by atoms with Gasteiger partial charge in [-0.05, 0) is 47.7 Å². The summed E-state index contributed by atoms with van der Waals surface area (Å²) in [6, 6.07) is 23.7. The largest absolute Gasteiger partial charge is 0.462 e. The van der Waals surface area contributed by atoms with Crippen molar-refractivity contribution in [2.75, 3.05) is 6.61 Å². The number of para-hydroxylation sites is 1. The number of rotatable bonds is 7. The van der Waals surface area contributed by atoms with Crippen LogP contribution >= 0.6 is 0 Å². The lowest BCUT2D eigenvalue weighted by molar-refractivity contribution is 0.0528. The second kappa shape index (κ2) is 9.70. The molecular weight excluding hydrogens is 410 g/mol. The molecule has 0 amide bonds. The minimum absolute atomic E-state index is 0.327. The Morgan fingerprint density at radius 1 is 1.06 bits per heavy atom. The van der Waals surface area contributed by atoms with Gasteiger partial charge in [-0.1, -0.05) is 62.4 Å². The predicted molar refractivity (Wildman–Crippen MR) is 130 cm³/mol. The summed E-state index contributed by atoms with van der Waals surface area (Å²) in [4.78, 5) is 17.5. The molecule has 166 valence electrons. The number of nitrogens with zero attached hydrogens (tertiary/aromatic N) is 3. The molecule has 5 nitrogen and oxygen atoms in total. The van der Waals surface area contributed by atoms with Crippen molar-refractivity contribution in [1.82, 2.24) is 9.55 Å². The van der Waals surface area contributed by atoms with Crippen molar-refractivity contribution in [3.63, 3.8) is 0 Å². The molecule has 0 aliphatic heterocycles. The average Bonchev–Trinajstić information content (AvgIpc) is 3.16. The molecule has 0 spiro atoms. The fourth-order valence-corrected chi connectivity index (χ4v) is 4.10. The number of hydrogen-bond acceptors (Lipinski definition) is 4.